The molecule has 0 bridgehead atoms. The van der Waals surface area contributed by atoms with Gasteiger partial charge in [0.25, 0.3) is 5.91 Å². The highest BCUT2D eigenvalue weighted by Gasteiger charge is 2.14. The van der Waals surface area contributed by atoms with E-state index in [-0.39, 0.29) is 18.9 Å². The first-order valence-electron chi connectivity index (χ1n) is 14.8. The van der Waals surface area contributed by atoms with Crippen LogP contribution in [0.5, 0.6) is 17.2 Å². The smallest absolute Gasteiger partial charge is 0.305 e. The van der Waals surface area contributed by atoms with Gasteiger partial charge < -0.3 is 24.6 Å². The van der Waals surface area contributed by atoms with Crippen LogP contribution in [0.2, 0.25) is 0 Å². The number of benzene rings is 5. The van der Waals surface area contributed by atoms with Crippen molar-refractivity contribution in [2.75, 3.05) is 6.54 Å². The zero-order valence-electron chi connectivity index (χ0n) is 24.9. The third-order valence-electron chi connectivity index (χ3n) is 7.04. The molecule has 5 aromatic rings. The maximum Gasteiger partial charge on any atom is 0.305 e. The number of carboxylic acid groups (broad SMARTS) is 1. The molecule has 0 unspecified atom stereocenters. The van der Waals surface area contributed by atoms with Crippen molar-refractivity contribution in [1.29, 1.82) is 0 Å². The van der Waals surface area contributed by atoms with E-state index >= 15 is 0 Å². The third kappa shape index (κ3) is 9.73. The van der Waals surface area contributed by atoms with E-state index < -0.39 is 5.97 Å². The number of nitrogens with one attached hydrogen (secondary N) is 1. The van der Waals surface area contributed by atoms with Crippen LogP contribution in [0.15, 0.2) is 127 Å². The summed E-state index contributed by atoms with van der Waals surface area (Å²) < 4.78 is 18.1. The van der Waals surface area contributed by atoms with Gasteiger partial charge in [-0.15, -0.1) is 0 Å². The molecule has 1 amide bonds. The van der Waals surface area contributed by atoms with E-state index in [2.05, 4.69) is 5.32 Å². The molecule has 0 aliphatic heterocycles. The molecule has 0 aliphatic carbocycles. The minimum Gasteiger partial charge on any atom is -0.489 e. The first-order valence-corrected chi connectivity index (χ1v) is 14.8. The Labute approximate surface area is 263 Å². The number of ether oxygens (including phenoxy) is 3. The summed E-state index contributed by atoms with van der Waals surface area (Å²) in [7, 11) is 0. The van der Waals surface area contributed by atoms with E-state index in [4.69, 9.17) is 19.3 Å². The lowest BCUT2D eigenvalue weighted by Gasteiger charge is -2.14. The molecule has 7 heteroatoms. The Morgan fingerprint density at radius 3 is 1.67 bits per heavy atom. The lowest BCUT2D eigenvalue weighted by molar-refractivity contribution is -0.136. The van der Waals surface area contributed by atoms with Gasteiger partial charge in [0.15, 0.2) is 0 Å². The van der Waals surface area contributed by atoms with Crippen molar-refractivity contribution in [1.82, 2.24) is 5.32 Å². The zero-order chi connectivity index (χ0) is 31.3. The maximum atomic E-state index is 13.1. The first kappa shape index (κ1) is 30.9. The van der Waals surface area contributed by atoms with E-state index in [0.717, 1.165) is 39.3 Å². The summed E-state index contributed by atoms with van der Waals surface area (Å²) >= 11 is 0. The lowest BCUT2D eigenvalue weighted by atomic mass is 9.98. The average Bonchev–Trinajstić information content (AvgIpc) is 3.07. The van der Waals surface area contributed by atoms with Crippen molar-refractivity contribution < 1.29 is 28.9 Å². The van der Waals surface area contributed by atoms with Gasteiger partial charge >= 0.3 is 5.97 Å². The van der Waals surface area contributed by atoms with Crippen LogP contribution in [0.3, 0.4) is 0 Å². The van der Waals surface area contributed by atoms with Crippen molar-refractivity contribution in [2.45, 2.75) is 32.7 Å². The fourth-order valence-corrected chi connectivity index (χ4v) is 4.74. The number of hydrogen-bond donors (Lipinski definition) is 2. The minimum absolute atomic E-state index is 0.0390. The van der Waals surface area contributed by atoms with E-state index in [0.29, 0.717) is 37.6 Å². The van der Waals surface area contributed by atoms with Gasteiger partial charge in [-0.05, 0) is 76.7 Å². The molecule has 0 fully saturated rings. The molecule has 5 aromatic carbocycles. The molecule has 0 spiro atoms. The third-order valence-corrected chi connectivity index (χ3v) is 7.04. The fourth-order valence-electron chi connectivity index (χ4n) is 4.74. The van der Waals surface area contributed by atoms with Gasteiger partial charge in [0.1, 0.15) is 37.1 Å². The van der Waals surface area contributed by atoms with Crippen molar-refractivity contribution in [3.8, 4) is 17.2 Å². The van der Waals surface area contributed by atoms with Crippen molar-refractivity contribution in [2.24, 2.45) is 0 Å². The molecule has 45 heavy (non-hydrogen) atoms. The van der Waals surface area contributed by atoms with E-state index in [9.17, 15) is 9.59 Å². The van der Waals surface area contributed by atoms with Crippen LogP contribution in [0.1, 0.15) is 44.6 Å². The normalized spacial score (nSPS) is 10.6. The second-order valence-electron chi connectivity index (χ2n) is 10.5. The molecule has 0 atom stereocenters. The van der Waals surface area contributed by atoms with E-state index in [1.165, 1.54) is 0 Å². The molecule has 7 nitrogen and oxygen atoms in total. The fraction of sp³-hybridized carbons (Fsp3) is 0.158. The van der Waals surface area contributed by atoms with Gasteiger partial charge in [-0.2, -0.15) is 0 Å². The molecule has 0 saturated heterocycles. The van der Waals surface area contributed by atoms with Crippen LogP contribution in [-0.2, 0) is 31.0 Å². The number of carbonyl (C=O) groups is 2. The Balaban J connectivity index is 1.28. The molecule has 0 aromatic heterocycles. The number of carbonyl (C=O) groups excluding carboxylic acids is 1. The molecular weight excluding hydrogens is 566 g/mol. The Hall–Kier alpha value is -5.56. The molecule has 0 radical (unpaired) electrons. The predicted molar refractivity (Wildman–Crippen MR) is 173 cm³/mol. The molecule has 2 N–H and O–H groups in total. The highest BCUT2D eigenvalue weighted by atomic mass is 16.5. The Morgan fingerprint density at radius 2 is 1.07 bits per heavy atom. The summed E-state index contributed by atoms with van der Waals surface area (Å²) in [6.45, 7) is 1.28. The molecule has 0 saturated carbocycles. The van der Waals surface area contributed by atoms with Crippen LogP contribution in [0.4, 0.5) is 0 Å². The molecular formula is C38H35NO6. The molecule has 0 heterocycles. The first-order chi connectivity index (χ1) is 22.0. The summed E-state index contributed by atoms with van der Waals surface area (Å²) in [5.41, 5.74) is 5.27. The topological polar surface area (TPSA) is 94.1 Å². The Bertz CT molecular complexity index is 1700. The summed E-state index contributed by atoms with van der Waals surface area (Å²) in [6, 6.07) is 40.8. The van der Waals surface area contributed by atoms with Crippen molar-refractivity contribution in [3.63, 3.8) is 0 Å². The van der Waals surface area contributed by atoms with Crippen LogP contribution in [0, 0.1) is 0 Å². The molecule has 5 rings (SSSR count). The van der Waals surface area contributed by atoms with Crippen LogP contribution in [-0.4, -0.2) is 23.5 Å². The summed E-state index contributed by atoms with van der Waals surface area (Å²) in [5.74, 6) is 0.784. The maximum absolute atomic E-state index is 13.1. The highest BCUT2D eigenvalue weighted by molar-refractivity contribution is 5.96. The van der Waals surface area contributed by atoms with Crippen LogP contribution < -0.4 is 19.5 Å². The summed E-state index contributed by atoms with van der Waals surface area (Å²) in [6.07, 6.45) is 0.293. The van der Waals surface area contributed by atoms with Crippen LogP contribution >= 0.6 is 0 Å². The van der Waals surface area contributed by atoms with Gasteiger partial charge in [-0.1, -0.05) is 84.9 Å². The molecule has 228 valence electrons. The predicted octanol–water partition coefficient (Wildman–Crippen LogP) is 7.22. The molecule has 0 aliphatic rings. The van der Waals surface area contributed by atoms with Crippen LogP contribution in [0.25, 0.3) is 0 Å². The van der Waals surface area contributed by atoms with E-state index in [1.54, 1.807) is 12.1 Å². The average molecular weight is 602 g/mol. The Morgan fingerprint density at radius 1 is 0.556 bits per heavy atom. The number of rotatable bonds is 15. The second-order valence-corrected chi connectivity index (χ2v) is 10.5. The van der Waals surface area contributed by atoms with E-state index in [1.807, 2.05) is 115 Å². The Kier molecular flexibility index (Phi) is 10.8. The number of amides is 1. The second kappa shape index (κ2) is 15.8. The van der Waals surface area contributed by atoms with Crippen molar-refractivity contribution >= 4 is 11.9 Å². The lowest BCUT2D eigenvalue weighted by Crippen LogP contribution is -2.27. The van der Waals surface area contributed by atoms with Gasteiger partial charge in [0.2, 0.25) is 0 Å². The SMILES string of the molecule is O=C(O)CCNC(=O)c1ccc(OCc2cccc(OCc3ccccc3)c2)cc1Cc1cccc(OCc2ccccc2)c1. The number of aliphatic carboxylic acids is 1. The quantitative estimate of drug-likeness (QED) is 0.132. The summed E-state index contributed by atoms with van der Waals surface area (Å²) in [5, 5.41) is 11.7. The number of hydrogen-bond acceptors (Lipinski definition) is 5. The number of carboxylic acids is 1. The van der Waals surface area contributed by atoms with Gasteiger partial charge in [0.05, 0.1) is 6.42 Å². The zero-order valence-corrected chi connectivity index (χ0v) is 24.9. The van der Waals surface area contributed by atoms with Gasteiger partial charge in [-0.25, -0.2) is 0 Å². The highest BCUT2D eigenvalue weighted by Crippen LogP contribution is 2.25. The van der Waals surface area contributed by atoms with Gasteiger partial charge in [0, 0.05) is 12.1 Å². The van der Waals surface area contributed by atoms with Crippen molar-refractivity contribution in [3.05, 3.63) is 161 Å². The minimum atomic E-state index is -0.971. The standard InChI is InChI=1S/C38H35NO6/c40-37(41)19-20-39-38(42)36-18-17-35(45-27-31-14-8-16-34(23-31)44-26-29-11-5-2-6-12-29)24-32(36)21-30-13-7-15-33(22-30)43-25-28-9-3-1-4-10-28/h1-18,22-24H,19-21,25-27H2,(H,39,42)(H,40,41). The summed E-state index contributed by atoms with van der Waals surface area (Å²) in [4.78, 5) is 24.0. The largest absolute Gasteiger partial charge is 0.489 e. The monoisotopic (exact) mass is 601 g/mol. The van der Waals surface area contributed by atoms with Gasteiger partial charge in [-0.3, -0.25) is 9.59 Å².